The van der Waals surface area contributed by atoms with Gasteiger partial charge >= 0.3 is 0 Å². The highest BCUT2D eigenvalue weighted by Crippen LogP contribution is 2.24. The van der Waals surface area contributed by atoms with Crippen molar-refractivity contribution in [3.8, 4) is 0 Å². The lowest BCUT2D eigenvalue weighted by molar-refractivity contribution is -0.308. The van der Waals surface area contributed by atoms with Crippen LogP contribution in [-0.2, 0) is 4.79 Å². The first-order chi connectivity index (χ1) is 5.12. The molecule has 11 heavy (non-hydrogen) atoms. The quantitative estimate of drug-likeness (QED) is 0.552. The van der Waals surface area contributed by atoms with Crippen molar-refractivity contribution in [3.05, 3.63) is 12.2 Å². The van der Waals surface area contributed by atoms with Gasteiger partial charge in [-0.1, -0.05) is 12.2 Å². The molecule has 1 aliphatic carbocycles. The molecule has 0 amide bonds. The number of carbonyl (C=O) groups excluding carboxylic acids is 1. The van der Waals surface area contributed by atoms with E-state index >= 15 is 0 Å². The summed E-state index contributed by atoms with van der Waals surface area (Å²) in [4.78, 5) is 10.2. The van der Waals surface area contributed by atoms with Crippen LogP contribution in [-0.4, -0.2) is 16.7 Å². The van der Waals surface area contributed by atoms with Crippen LogP contribution in [0.1, 0.15) is 25.7 Å². The Morgan fingerprint density at radius 2 is 2.45 bits per heavy atom. The van der Waals surface area contributed by atoms with E-state index in [4.69, 9.17) is 0 Å². The van der Waals surface area contributed by atoms with Crippen LogP contribution in [0, 0.1) is 0 Å². The summed E-state index contributed by atoms with van der Waals surface area (Å²) in [6.45, 7) is 0. The van der Waals surface area contributed by atoms with Crippen LogP contribution in [0.15, 0.2) is 12.2 Å². The fourth-order valence-corrected chi connectivity index (χ4v) is 1.31. The lowest BCUT2D eigenvalue weighted by Gasteiger charge is -2.27. The Hall–Kier alpha value is -0.830. The van der Waals surface area contributed by atoms with E-state index in [9.17, 15) is 15.0 Å². The van der Waals surface area contributed by atoms with Crippen LogP contribution < -0.4 is 5.11 Å². The molecule has 0 spiro atoms. The third kappa shape index (κ3) is 2.35. The molecular weight excluding hydrogens is 144 g/mol. The first-order valence-electron chi connectivity index (χ1n) is 3.72. The maximum absolute atomic E-state index is 10.2. The summed E-state index contributed by atoms with van der Waals surface area (Å²) < 4.78 is 0. The highest BCUT2D eigenvalue weighted by atomic mass is 16.4. The molecule has 1 aliphatic rings. The molecular formula is C8H11O3-. The van der Waals surface area contributed by atoms with Gasteiger partial charge in [-0.3, -0.25) is 0 Å². The average Bonchev–Trinajstić information content (AvgIpc) is 1.85. The molecule has 3 heteroatoms. The minimum absolute atomic E-state index is 0.288. The second-order valence-corrected chi connectivity index (χ2v) is 2.95. The topological polar surface area (TPSA) is 60.4 Å². The van der Waals surface area contributed by atoms with Crippen LogP contribution in [0.25, 0.3) is 0 Å². The normalized spacial score (nSPS) is 30.3. The molecule has 0 bridgehead atoms. The van der Waals surface area contributed by atoms with Crippen molar-refractivity contribution in [1.29, 1.82) is 0 Å². The average molecular weight is 155 g/mol. The molecule has 0 aliphatic heterocycles. The molecule has 1 rings (SSSR count). The molecule has 1 unspecified atom stereocenters. The zero-order chi connectivity index (χ0) is 8.32. The van der Waals surface area contributed by atoms with Crippen LogP contribution >= 0.6 is 0 Å². The van der Waals surface area contributed by atoms with Gasteiger partial charge in [-0.15, -0.1) is 0 Å². The third-order valence-electron chi connectivity index (χ3n) is 1.86. The number of hydrogen-bond acceptors (Lipinski definition) is 3. The summed E-state index contributed by atoms with van der Waals surface area (Å²) in [5, 5.41) is 19.7. The Kier molecular flexibility index (Phi) is 2.29. The molecule has 0 radical (unpaired) electrons. The van der Waals surface area contributed by atoms with Crippen molar-refractivity contribution in [2.24, 2.45) is 0 Å². The predicted octanol–water partition coefficient (Wildman–Crippen LogP) is -0.402. The Bertz CT molecular complexity index is 186. The van der Waals surface area contributed by atoms with Crippen molar-refractivity contribution in [1.82, 2.24) is 0 Å². The van der Waals surface area contributed by atoms with Gasteiger partial charge in [0.25, 0.3) is 0 Å². The number of allylic oxidation sites excluding steroid dienone is 1. The maximum Gasteiger partial charge on any atom is 0.0879 e. The summed E-state index contributed by atoms with van der Waals surface area (Å²) in [5.74, 6) is -1.20. The third-order valence-corrected chi connectivity index (χ3v) is 1.86. The smallest absolute Gasteiger partial charge is 0.0879 e. The van der Waals surface area contributed by atoms with E-state index < -0.39 is 11.6 Å². The first kappa shape index (κ1) is 8.27. The number of rotatable bonds is 2. The maximum atomic E-state index is 10.2. The summed E-state index contributed by atoms with van der Waals surface area (Å²) in [5.41, 5.74) is -1.14. The van der Waals surface area contributed by atoms with Crippen molar-refractivity contribution in [3.63, 3.8) is 0 Å². The Balaban J connectivity index is 2.57. The zero-order valence-electron chi connectivity index (χ0n) is 6.25. The highest BCUT2D eigenvalue weighted by molar-refractivity contribution is 5.66. The van der Waals surface area contributed by atoms with E-state index in [0.717, 1.165) is 12.8 Å². The largest absolute Gasteiger partial charge is 0.550 e. The lowest BCUT2D eigenvalue weighted by atomic mass is 9.88. The van der Waals surface area contributed by atoms with Crippen molar-refractivity contribution in [2.75, 3.05) is 0 Å². The van der Waals surface area contributed by atoms with Gasteiger partial charge < -0.3 is 15.0 Å². The summed E-state index contributed by atoms with van der Waals surface area (Å²) in [7, 11) is 0. The van der Waals surface area contributed by atoms with Gasteiger partial charge in [0.2, 0.25) is 0 Å². The van der Waals surface area contributed by atoms with E-state index in [0.29, 0.717) is 6.42 Å². The lowest BCUT2D eigenvalue weighted by Crippen LogP contribution is -2.36. The van der Waals surface area contributed by atoms with Gasteiger partial charge in [0.1, 0.15) is 0 Å². The minimum atomic E-state index is -1.20. The van der Waals surface area contributed by atoms with E-state index in [1.54, 1.807) is 6.08 Å². The van der Waals surface area contributed by atoms with E-state index in [-0.39, 0.29) is 6.42 Å². The second kappa shape index (κ2) is 3.05. The number of aliphatic carboxylic acids is 1. The highest BCUT2D eigenvalue weighted by Gasteiger charge is 2.24. The van der Waals surface area contributed by atoms with Gasteiger partial charge in [0, 0.05) is 12.4 Å². The summed E-state index contributed by atoms with van der Waals surface area (Å²) in [6.07, 6.45) is 5.38. The van der Waals surface area contributed by atoms with E-state index in [1.807, 2.05) is 6.08 Å². The first-order valence-corrected chi connectivity index (χ1v) is 3.72. The molecule has 0 heterocycles. The number of carboxylic acids is 1. The molecule has 3 nitrogen and oxygen atoms in total. The van der Waals surface area contributed by atoms with Gasteiger partial charge in [-0.25, -0.2) is 0 Å². The second-order valence-electron chi connectivity index (χ2n) is 2.95. The minimum Gasteiger partial charge on any atom is -0.550 e. The molecule has 1 N–H and O–H groups in total. The monoisotopic (exact) mass is 155 g/mol. The van der Waals surface area contributed by atoms with Crippen LogP contribution in [0.3, 0.4) is 0 Å². The van der Waals surface area contributed by atoms with Crippen molar-refractivity contribution >= 4 is 5.97 Å². The summed E-state index contributed by atoms with van der Waals surface area (Å²) >= 11 is 0. The van der Waals surface area contributed by atoms with Gasteiger partial charge in [-0.05, 0) is 19.3 Å². The van der Waals surface area contributed by atoms with Crippen molar-refractivity contribution < 1.29 is 15.0 Å². The number of hydrogen-bond donors (Lipinski definition) is 1. The van der Waals surface area contributed by atoms with Crippen LogP contribution in [0.5, 0.6) is 0 Å². The fraction of sp³-hybridized carbons (Fsp3) is 0.625. The molecule has 1 atom stereocenters. The Morgan fingerprint density at radius 3 is 2.91 bits per heavy atom. The van der Waals surface area contributed by atoms with E-state index in [1.165, 1.54) is 0 Å². The van der Waals surface area contributed by atoms with Crippen LogP contribution in [0.4, 0.5) is 0 Å². The number of aliphatic hydroxyl groups is 1. The molecule has 0 aromatic heterocycles. The molecule has 62 valence electrons. The Labute approximate surface area is 65.3 Å². The van der Waals surface area contributed by atoms with Crippen molar-refractivity contribution in [2.45, 2.75) is 31.3 Å². The van der Waals surface area contributed by atoms with Gasteiger partial charge in [0.15, 0.2) is 0 Å². The molecule has 0 aromatic rings. The van der Waals surface area contributed by atoms with Gasteiger partial charge in [-0.2, -0.15) is 0 Å². The summed E-state index contributed by atoms with van der Waals surface area (Å²) in [6, 6.07) is 0. The molecule has 0 saturated carbocycles. The fourth-order valence-electron chi connectivity index (χ4n) is 1.31. The molecule has 0 saturated heterocycles. The van der Waals surface area contributed by atoms with Crippen LogP contribution in [0.2, 0.25) is 0 Å². The van der Waals surface area contributed by atoms with Gasteiger partial charge in [0.05, 0.1) is 5.60 Å². The molecule has 0 fully saturated rings. The standard InChI is InChI=1S/C8H12O3/c9-7(10)6-8(11)4-2-1-3-5-8/h2,4,11H,1,3,5-6H2,(H,9,10)/p-1. The van der Waals surface area contributed by atoms with E-state index in [2.05, 4.69) is 0 Å². The zero-order valence-corrected chi connectivity index (χ0v) is 6.25. The molecule has 0 aromatic carbocycles. The SMILES string of the molecule is O=C([O-])CC1(O)C=CCCC1. The predicted molar refractivity (Wildman–Crippen MR) is 37.6 cm³/mol. The number of carboxylic acid groups (broad SMARTS) is 1. The number of carbonyl (C=O) groups is 1. The Morgan fingerprint density at radius 1 is 1.73 bits per heavy atom.